The molecule has 1 aliphatic heterocycles. The Labute approximate surface area is 212 Å². The molecule has 0 atom stereocenters. The van der Waals surface area contributed by atoms with Crippen molar-refractivity contribution in [3.63, 3.8) is 0 Å². The van der Waals surface area contributed by atoms with Crippen molar-refractivity contribution in [1.29, 1.82) is 0 Å². The lowest BCUT2D eigenvalue weighted by Crippen LogP contribution is -2.33. The summed E-state index contributed by atoms with van der Waals surface area (Å²) in [5.74, 6) is -1.89. The van der Waals surface area contributed by atoms with E-state index in [-0.39, 0.29) is 5.56 Å². The zero-order chi connectivity index (χ0) is 25.7. The van der Waals surface area contributed by atoms with Gasteiger partial charge in [-0.15, -0.1) is 0 Å². The molecular formula is C25H26ClF2N5O3. The average molecular weight is 518 g/mol. The fourth-order valence-electron chi connectivity index (χ4n) is 4.11. The van der Waals surface area contributed by atoms with Gasteiger partial charge in [-0.1, -0.05) is 11.6 Å². The molecule has 0 unspecified atom stereocenters. The lowest BCUT2D eigenvalue weighted by molar-refractivity contribution is -0.118. The Balaban J connectivity index is 1.52. The van der Waals surface area contributed by atoms with Crippen molar-refractivity contribution in [3.05, 3.63) is 64.8 Å². The molecule has 1 fully saturated rings. The Bertz CT molecular complexity index is 1230. The van der Waals surface area contributed by atoms with E-state index in [1.165, 1.54) is 6.20 Å². The van der Waals surface area contributed by atoms with Gasteiger partial charge in [0.25, 0.3) is 5.91 Å². The number of ether oxygens (including phenoxy) is 1. The number of anilines is 1. The third-order valence-corrected chi connectivity index (χ3v) is 6.28. The summed E-state index contributed by atoms with van der Waals surface area (Å²) in [7, 11) is 1.74. The molecule has 8 nitrogen and oxygen atoms in total. The summed E-state index contributed by atoms with van der Waals surface area (Å²) in [5.41, 5.74) is 1.29. The summed E-state index contributed by atoms with van der Waals surface area (Å²) in [6, 6.07) is 7.78. The Morgan fingerprint density at radius 3 is 2.72 bits per heavy atom. The van der Waals surface area contributed by atoms with Crippen LogP contribution in [0.15, 0.2) is 42.6 Å². The van der Waals surface area contributed by atoms with Crippen LogP contribution in [0.3, 0.4) is 0 Å². The lowest BCUT2D eigenvalue weighted by atomic mass is 10.1. The SMILES string of the molecule is Cn1ncc(Cl)c1-c1cc(NC(=O)c2ccc(F)cc2F)ccc1OCCN1CCCN(C=O)CC1. The van der Waals surface area contributed by atoms with Crippen LogP contribution in [0.4, 0.5) is 14.5 Å². The van der Waals surface area contributed by atoms with E-state index < -0.39 is 17.5 Å². The molecule has 1 saturated heterocycles. The van der Waals surface area contributed by atoms with Crippen LogP contribution in [0, 0.1) is 11.6 Å². The van der Waals surface area contributed by atoms with Gasteiger partial charge in [0.15, 0.2) is 0 Å². The highest BCUT2D eigenvalue weighted by molar-refractivity contribution is 6.33. The molecule has 1 aliphatic rings. The van der Waals surface area contributed by atoms with Gasteiger partial charge in [0.05, 0.1) is 22.5 Å². The first kappa shape index (κ1) is 25.6. The second-order valence-corrected chi connectivity index (χ2v) is 8.85. The van der Waals surface area contributed by atoms with Crippen LogP contribution in [0.5, 0.6) is 5.75 Å². The van der Waals surface area contributed by atoms with Gasteiger partial charge in [-0.2, -0.15) is 5.10 Å². The maximum Gasteiger partial charge on any atom is 0.258 e. The highest BCUT2D eigenvalue weighted by Gasteiger charge is 2.19. The lowest BCUT2D eigenvalue weighted by Gasteiger charge is -2.21. The number of carbonyl (C=O) groups excluding carboxylic acids is 2. The molecule has 1 aromatic heterocycles. The van der Waals surface area contributed by atoms with Crippen molar-refractivity contribution in [3.8, 4) is 17.0 Å². The smallest absolute Gasteiger partial charge is 0.258 e. The molecule has 36 heavy (non-hydrogen) atoms. The number of nitrogens with zero attached hydrogens (tertiary/aromatic N) is 4. The largest absolute Gasteiger partial charge is 0.492 e. The molecule has 0 aliphatic carbocycles. The van der Waals surface area contributed by atoms with Crippen LogP contribution < -0.4 is 10.1 Å². The van der Waals surface area contributed by atoms with Gasteiger partial charge in [0.1, 0.15) is 24.0 Å². The van der Waals surface area contributed by atoms with Crippen molar-refractivity contribution in [1.82, 2.24) is 19.6 Å². The number of aromatic nitrogens is 2. The Kier molecular flexibility index (Phi) is 8.17. The van der Waals surface area contributed by atoms with E-state index >= 15 is 0 Å². The quantitative estimate of drug-likeness (QED) is 0.460. The first-order chi connectivity index (χ1) is 17.4. The summed E-state index contributed by atoms with van der Waals surface area (Å²) >= 11 is 6.39. The fraction of sp³-hybridized carbons (Fsp3) is 0.320. The number of rotatable bonds is 8. The molecule has 11 heteroatoms. The summed E-state index contributed by atoms with van der Waals surface area (Å²) in [5, 5.41) is 7.23. The van der Waals surface area contributed by atoms with Gasteiger partial charge in [0, 0.05) is 57.1 Å². The van der Waals surface area contributed by atoms with E-state index in [9.17, 15) is 18.4 Å². The minimum absolute atomic E-state index is 0.276. The topological polar surface area (TPSA) is 79.7 Å². The number of hydrogen-bond acceptors (Lipinski definition) is 5. The molecule has 0 spiro atoms. The van der Waals surface area contributed by atoms with E-state index in [1.807, 2.05) is 0 Å². The minimum atomic E-state index is -0.952. The van der Waals surface area contributed by atoms with Gasteiger partial charge in [0.2, 0.25) is 6.41 Å². The third kappa shape index (κ3) is 6.00. The fourth-order valence-corrected chi connectivity index (χ4v) is 4.38. The van der Waals surface area contributed by atoms with E-state index in [0.717, 1.165) is 44.6 Å². The highest BCUT2D eigenvalue weighted by Crippen LogP contribution is 2.36. The summed E-state index contributed by atoms with van der Waals surface area (Å²) in [6.07, 6.45) is 3.29. The second kappa shape index (κ2) is 11.5. The van der Waals surface area contributed by atoms with Gasteiger partial charge in [-0.3, -0.25) is 19.2 Å². The number of halogens is 3. The zero-order valence-corrected chi connectivity index (χ0v) is 20.5. The van der Waals surface area contributed by atoms with Crippen LogP contribution in [-0.2, 0) is 11.8 Å². The number of nitrogens with one attached hydrogen (secondary N) is 1. The van der Waals surface area contributed by atoms with E-state index in [2.05, 4.69) is 15.3 Å². The minimum Gasteiger partial charge on any atom is -0.492 e. The van der Waals surface area contributed by atoms with Gasteiger partial charge < -0.3 is 15.0 Å². The molecule has 1 N–H and O–H groups in total. The molecule has 2 aromatic carbocycles. The standard InChI is InChI=1S/C25H26ClF2N5O3/c1-31-24(21(26)15-29-31)20-14-18(30-25(35)19-5-3-17(27)13-22(19)28)4-6-23(20)36-12-11-32-7-2-8-33(16-34)10-9-32/h3-6,13-16H,2,7-12H2,1H3,(H,30,35). The van der Waals surface area contributed by atoms with Crippen LogP contribution in [0.2, 0.25) is 5.02 Å². The highest BCUT2D eigenvalue weighted by atomic mass is 35.5. The molecule has 2 amide bonds. The molecule has 4 rings (SSSR count). The zero-order valence-electron chi connectivity index (χ0n) is 19.7. The Morgan fingerprint density at radius 1 is 1.17 bits per heavy atom. The van der Waals surface area contributed by atoms with Gasteiger partial charge in [-0.05, 0) is 36.8 Å². The van der Waals surface area contributed by atoms with Crippen molar-refractivity contribution in [2.24, 2.45) is 7.05 Å². The molecular weight excluding hydrogens is 492 g/mol. The number of carbonyl (C=O) groups is 2. The predicted molar refractivity (Wildman–Crippen MR) is 132 cm³/mol. The maximum atomic E-state index is 14.1. The Morgan fingerprint density at radius 2 is 2.00 bits per heavy atom. The summed E-state index contributed by atoms with van der Waals surface area (Å²) in [4.78, 5) is 27.7. The number of hydrogen-bond donors (Lipinski definition) is 1. The molecule has 0 radical (unpaired) electrons. The van der Waals surface area contributed by atoms with Crippen LogP contribution in [0.25, 0.3) is 11.3 Å². The van der Waals surface area contributed by atoms with Crippen molar-refractivity contribution < 1.29 is 23.1 Å². The molecule has 2 heterocycles. The van der Waals surface area contributed by atoms with Gasteiger partial charge >= 0.3 is 0 Å². The van der Waals surface area contributed by atoms with E-state index in [4.69, 9.17) is 16.3 Å². The first-order valence-electron chi connectivity index (χ1n) is 11.5. The summed E-state index contributed by atoms with van der Waals surface area (Å²) in [6.45, 7) is 4.15. The second-order valence-electron chi connectivity index (χ2n) is 8.44. The maximum absolute atomic E-state index is 14.1. The van der Waals surface area contributed by atoms with E-state index in [1.54, 1.807) is 34.8 Å². The van der Waals surface area contributed by atoms with Gasteiger partial charge in [-0.25, -0.2) is 8.78 Å². The van der Waals surface area contributed by atoms with Crippen molar-refractivity contribution >= 4 is 29.6 Å². The third-order valence-electron chi connectivity index (χ3n) is 6.00. The van der Waals surface area contributed by atoms with E-state index in [0.29, 0.717) is 53.5 Å². The van der Waals surface area contributed by atoms with Crippen LogP contribution in [0.1, 0.15) is 16.8 Å². The monoisotopic (exact) mass is 517 g/mol. The Hall–Kier alpha value is -3.50. The predicted octanol–water partition coefficient (Wildman–Crippen LogP) is 3.81. The van der Waals surface area contributed by atoms with Crippen LogP contribution >= 0.6 is 11.6 Å². The van der Waals surface area contributed by atoms with Crippen molar-refractivity contribution in [2.75, 3.05) is 44.6 Å². The number of benzene rings is 2. The average Bonchev–Trinajstić information content (AvgIpc) is 3.03. The first-order valence-corrected chi connectivity index (χ1v) is 11.9. The summed E-state index contributed by atoms with van der Waals surface area (Å²) < 4.78 is 35.0. The number of aryl methyl sites for hydroxylation is 1. The normalized spacial score (nSPS) is 14.4. The number of amides is 2. The molecule has 3 aromatic rings. The van der Waals surface area contributed by atoms with Crippen LogP contribution in [-0.4, -0.2) is 71.2 Å². The molecule has 190 valence electrons. The molecule has 0 saturated carbocycles. The molecule has 0 bridgehead atoms. The van der Waals surface area contributed by atoms with Crippen molar-refractivity contribution in [2.45, 2.75) is 6.42 Å².